The van der Waals surface area contributed by atoms with Crippen LogP contribution in [-0.2, 0) is 32.6 Å². The Balaban J connectivity index is 1.89. The van der Waals surface area contributed by atoms with Crippen LogP contribution in [0.15, 0.2) is 95.9 Å². The third kappa shape index (κ3) is 9.05. The molecule has 2 unspecified atom stereocenters. The van der Waals surface area contributed by atoms with Crippen LogP contribution >= 0.6 is 11.6 Å². The van der Waals surface area contributed by atoms with Gasteiger partial charge in [0.05, 0.1) is 31.9 Å². The second kappa shape index (κ2) is 17.2. The lowest BCUT2D eigenvalue weighted by Crippen LogP contribution is -2.54. The number of halogens is 2. The van der Waals surface area contributed by atoms with Gasteiger partial charge < -0.3 is 24.4 Å². The van der Waals surface area contributed by atoms with Gasteiger partial charge in [0.15, 0.2) is 11.5 Å². The van der Waals surface area contributed by atoms with E-state index in [0.717, 1.165) is 9.87 Å². The molecule has 0 aromatic heterocycles. The second-order valence-corrected chi connectivity index (χ2v) is 13.8. The molecule has 0 radical (unpaired) electrons. The van der Waals surface area contributed by atoms with Gasteiger partial charge in [-0.3, -0.25) is 13.9 Å². The Morgan fingerprint density at radius 3 is 2.14 bits per heavy atom. The smallest absolute Gasteiger partial charge is 0.265 e. The van der Waals surface area contributed by atoms with Crippen molar-refractivity contribution in [1.82, 2.24) is 10.2 Å². The van der Waals surface area contributed by atoms with E-state index in [0.29, 0.717) is 12.2 Å². The lowest BCUT2D eigenvalue weighted by atomic mass is 10.0. The number of sulfonamides is 1. The van der Waals surface area contributed by atoms with Crippen molar-refractivity contribution in [2.24, 2.45) is 0 Å². The molecule has 0 bridgehead atoms. The van der Waals surface area contributed by atoms with Crippen LogP contribution in [0.1, 0.15) is 31.4 Å². The van der Waals surface area contributed by atoms with Crippen molar-refractivity contribution in [2.45, 2.75) is 50.2 Å². The van der Waals surface area contributed by atoms with Crippen molar-refractivity contribution in [3.63, 3.8) is 0 Å². The van der Waals surface area contributed by atoms with Gasteiger partial charge in [-0.15, -0.1) is 0 Å². The number of nitrogens with zero attached hydrogens (tertiary/aromatic N) is 2. The summed E-state index contributed by atoms with van der Waals surface area (Å²) in [6.45, 7) is 2.62. The van der Waals surface area contributed by atoms with Gasteiger partial charge in [0, 0.05) is 35.7 Å². The normalized spacial score (nSPS) is 12.4. The van der Waals surface area contributed by atoms with Crippen LogP contribution in [0.5, 0.6) is 17.2 Å². The predicted molar refractivity (Wildman–Crippen MR) is 191 cm³/mol. The third-order valence-electron chi connectivity index (χ3n) is 8.20. The summed E-state index contributed by atoms with van der Waals surface area (Å²) in [5, 5.41) is 3.13. The molecule has 0 aliphatic heterocycles. The number of carbonyl (C=O) groups is 2. The monoisotopic (exact) mass is 725 g/mol. The molecule has 0 aliphatic carbocycles. The molecule has 13 heteroatoms. The number of nitrogens with one attached hydrogen (secondary N) is 1. The number of ether oxygens (including phenoxy) is 3. The van der Waals surface area contributed by atoms with E-state index >= 15 is 4.39 Å². The number of anilines is 1. The van der Waals surface area contributed by atoms with Gasteiger partial charge in [-0.25, -0.2) is 12.8 Å². The molecule has 50 heavy (non-hydrogen) atoms. The summed E-state index contributed by atoms with van der Waals surface area (Å²) in [6.07, 6.45) is 0.698. The topological polar surface area (TPSA) is 114 Å². The van der Waals surface area contributed by atoms with Gasteiger partial charge in [-0.05, 0) is 55.3 Å². The molecule has 1 N–H and O–H groups in total. The Kier molecular flexibility index (Phi) is 13.1. The highest BCUT2D eigenvalue weighted by atomic mass is 35.5. The summed E-state index contributed by atoms with van der Waals surface area (Å²) in [5.74, 6) is -1.29. The van der Waals surface area contributed by atoms with Gasteiger partial charge >= 0.3 is 0 Å². The maximum atomic E-state index is 15.2. The van der Waals surface area contributed by atoms with Crippen molar-refractivity contribution in [3.05, 3.63) is 113 Å². The maximum absolute atomic E-state index is 15.2. The second-order valence-electron chi connectivity index (χ2n) is 11.5. The Morgan fingerprint density at radius 1 is 0.860 bits per heavy atom. The molecule has 0 saturated carbocycles. The van der Waals surface area contributed by atoms with Crippen LogP contribution in [-0.4, -0.2) is 65.1 Å². The molecule has 0 spiro atoms. The van der Waals surface area contributed by atoms with Gasteiger partial charge in [0.2, 0.25) is 11.8 Å². The number of carbonyl (C=O) groups excluding carboxylic acids is 2. The maximum Gasteiger partial charge on any atom is 0.265 e. The van der Waals surface area contributed by atoms with E-state index < -0.39 is 40.2 Å². The van der Waals surface area contributed by atoms with Crippen LogP contribution < -0.4 is 23.8 Å². The van der Waals surface area contributed by atoms with Crippen LogP contribution in [0.25, 0.3) is 0 Å². The predicted octanol–water partition coefficient (Wildman–Crippen LogP) is 6.26. The first-order valence-electron chi connectivity index (χ1n) is 15.9. The summed E-state index contributed by atoms with van der Waals surface area (Å²) in [6, 6.07) is 22.0. The highest BCUT2D eigenvalue weighted by molar-refractivity contribution is 7.92. The molecular weight excluding hydrogens is 685 g/mol. The molecule has 0 aliphatic rings. The van der Waals surface area contributed by atoms with Crippen LogP contribution in [0.4, 0.5) is 10.1 Å². The minimum Gasteiger partial charge on any atom is -0.495 e. The zero-order valence-electron chi connectivity index (χ0n) is 28.6. The Hall–Kier alpha value is -4.81. The van der Waals surface area contributed by atoms with E-state index in [-0.39, 0.29) is 51.7 Å². The highest BCUT2D eigenvalue weighted by Gasteiger charge is 2.36. The fourth-order valence-electron chi connectivity index (χ4n) is 5.28. The third-order valence-corrected chi connectivity index (χ3v) is 10.2. The average molecular weight is 726 g/mol. The molecule has 4 rings (SSSR count). The van der Waals surface area contributed by atoms with E-state index in [4.69, 9.17) is 25.8 Å². The minimum absolute atomic E-state index is 0.0300. The molecule has 266 valence electrons. The van der Waals surface area contributed by atoms with Crippen molar-refractivity contribution < 1.29 is 36.6 Å². The molecule has 2 amide bonds. The van der Waals surface area contributed by atoms with E-state index in [1.54, 1.807) is 6.07 Å². The van der Waals surface area contributed by atoms with Crippen LogP contribution in [0.2, 0.25) is 5.02 Å². The standard InChI is InChI=1S/C37H41ClFN3O7S/c1-6-25(2)40-37(44)32(20-26-12-8-7-9-13-26)41(23-27-14-10-11-15-30(27)39)36(43)24-42(31-21-28(38)16-18-33(31)47-3)50(45,46)29-17-19-34(48-4)35(22-29)49-5/h7-19,21-22,25,32H,6,20,23-24H2,1-5H3,(H,40,44). The Morgan fingerprint density at radius 2 is 1.50 bits per heavy atom. The van der Waals surface area contributed by atoms with Gasteiger partial charge in [-0.2, -0.15) is 0 Å². The first-order valence-corrected chi connectivity index (χ1v) is 17.7. The SMILES string of the molecule is CCC(C)NC(=O)C(Cc1ccccc1)N(Cc1ccccc1F)C(=O)CN(c1cc(Cl)ccc1OC)S(=O)(=O)c1ccc(OC)c(OC)c1. The number of benzene rings is 4. The summed E-state index contributed by atoms with van der Waals surface area (Å²) in [4.78, 5) is 29.7. The molecule has 0 fully saturated rings. The number of hydrogen-bond acceptors (Lipinski definition) is 7. The lowest BCUT2D eigenvalue weighted by molar-refractivity contribution is -0.140. The van der Waals surface area contributed by atoms with Crippen molar-refractivity contribution in [2.75, 3.05) is 32.2 Å². The summed E-state index contributed by atoms with van der Waals surface area (Å²) >= 11 is 6.37. The number of hydrogen-bond donors (Lipinski definition) is 1. The van der Waals surface area contributed by atoms with E-state index in [2.05, 4.69) is 5.32 Å². The number of amides is 2. The molecule has 0 heterocycles. The van der Waals surface area contributed by atoms with Gasteiger partial charge in [-0.1, -0.05) is 67.1 Å². The van der Waals surface area contributed by atoms with Crippen molar-refractivity contribution >= 4 is 39.1 Å². The number of rotatable bonds is 16. The Bertz CT molecular complexity index is 1900. The quantitative estimate of drug-likeness (QED) is 0.145. The van der Waals surface area contributed by atoms with E-state index in [9.17, 15) is 18.0 Å². The Labute approximate surface area is 297 Å². The average Bonchev–Trinajstić information content (AvgIpc) is 3.12. The van der Waals surface area contributed by atoms with Gasteiger partial charge in [0.1, 0.15) is 24.2 Å². The molecule has 0 saturated heterocycles. The fourth-order valence-corrected chi connectivity index (χ4v) is 6.88. The molecule has 4 aromatic carbocycles. The first-order chi connectivity index (χ1) is 23.9. The van der Waals surface area contributed by atoms with E-state index in [1.807, 2.05) is 44.2 Å². The van der Waals surface area contributed by atoms with E-state index in [1.165, 1.54) is 80.8 Å². The first kappa shape index (κ1) is 38.0. The largest absolute Gasteiger partial charge is 0.495 e. The van der Waals surface area contributed by atoms with Crippen LogP contribution in [0.3, 0.4) is 0 Å². The molecule has 4 aromatic rings. The fraction of sp³-hybridized carbons (Fsp3) is 0.297. The summed E-state index contributed by atoms with van der Waals surface area (Å²) in [7, 11) is -0.418. The van der Waals surface area contributed by atoms with Crippen molar-refractivity contribution in [1.29, 1.82) is 0 Å². The van der Waals surface area contributed by atoms with Crippen molar-refractivity contribution in [3.8, 4) is 17.2 Å². The summed E-state index contributed by atoms with van der Waals surface area (Å²) < 4.78 is 61.3. The highest BCUT2D eigenvalue weighted by Crippen LogP contribution is 2.37. The summed E-state index contributed by atoms with van der Waals surface area (Å²) in [5.41, 5.74) is 0.858. The molecule has 10 nitrogen and oxygen atoms in total. The zero-order valence-corrected chi connectivity index (χ0v) is 30.1. The zero-order chi connectivity index (χ0) is 36.4. The molecular formula is C37H41ClFN3O7S. The molecule has 2 atom stereocenters. The lowest BCUT2D eigenvalue weighted by Gasteiger charge is -2.34. The number of methoxy groups -OCH3 is 3. The van der Waals surface area contributed by atoms with Gasteiger partial charge in [0.25, 0.3) is 10.0 Å². The van der Waals surface area contributed by atoms with Crippen LogP contribution in [0, 0.1) is 5.82 Å². The minimum atomic E-state index is -4.56.